The van der Waals surface area contributed by atoms with Crippen LogP contribution in [-0.4, -0.2) is 49.7 Å². The third kappa shape index (κ3) is 2.54. The van der Waals surface area contributed by atoms with Crippen molar-refractivity contribution in [2.24, 2.45) is 5.92 Å². The number of hydrogen-bond donors (Lipinski definition) is 1. The second-order valence-electron chi connectivity index (χ2n) is 4.33. The van der Waals surface area contributed by atoms with Crippen LogP contribution in [0.1, 0.15) is 12.0 Å². The number of alkyl halides is 1. The van der Waals surface area contributed by atoms with E-state index < -0.39 is 10.0 Å². The topological polar surface area (TPSA) is 75.3 Å². The Hall–Kier alpha value is -0.630. The monoisotopic (exact) mass is 293 g/mol. The standard InChI is InChI=1S/C10H16ClN3O3S/c1-17-7-8-2-3-14(6-8)18(15,16)10-9(4-11)5-12-13-10/h5,8H,2-4,6-7H2,1H3,(H,12,13). The maximum absolute atomic E-state index is 12.4. The van der Waals surface area contributed by atoms with Gasteiger partial charge in [-0.1, -0.05) is 0 Å². The lowest BCUT2D eigenvalue weighted by Crippen LogP contribution is -2.30. The summed E-state index contributed by atoms with van der Waals surface area (Å²) in [5.41, 5.74) is 0.506. The van der Waals surface area contributed by atoms with E-state index in [0.29, 0.717) is 25.3 Å². The first-order valence-corrected chi connectivity index (χ1v) is 7.64. The van der Waals surface area contributed by atoms with Gasteiger partial charge in [-0.2, -0.15) is 9.40 Å². The molecule has 1 atom stereocenters. The van der Waals surface area contributed by atoms with Crippen molar-refractivity contribution in [1.29, 1.82) is 0 Å². The lowest BCUT2D eigenvalue weighted by molar-refractivity contribution is 0.157. The summed E-state index contributed by atoms with van der Waals surface area (Å²) >= 11 is 5.70. The van der Waals surface area contributed by atoms with Crippen LogP contribution in [0, 0.1) is 5.92 Å². The number of aromatic amines is 1. The predicted molar refractivity (Wildman–Crippen MR) is 66.9 cm³/mol. The van der Waals surface area contributed by atoms with Gasteiger partial charge < -0.3 is 4.74 Å². The molecule has 1 N–H and O–H groups in total. The summed E-state index contributed by atoms with van der Waals surface area (Å²) in [5, 5.41) is 6.38. The quantitative estimate of drug-likeness (QED) is 0.815. The molecule has 1 aromatic rings. The highest BCUT2D eigenvalue weighted by Crippen LogP contribution is 2.25. The minimum atomic E-state index is -3.51. The van der Waals surface area contributed by atoms with Crippen molar-refractivity contribution >= 4 is 21.6 Å². The molecule has 0 spiro atoms. The lowest BCUT2D eigenvalue weighted by atomic mass is 10.1. The van der Waals surface area contributed by atoms with Gasteiger partial charge in [0.2, 0.25) is 0 Å². The van der Waals surface area contributed by atoms with E-state index >= 15 is 0 Å². The average molecular weight is 294 g/mol. The molecule has 0 amide bonds. The van der Waals surface area contributed by atoms with E-state index in [1.165, 1.54) is 10.5 Å². The van der Waals surface area contributed by atoms with Crippen LogP contribution >= 0.6 is 11.6 Å². The molecule has 8 heteroatoms. The number of sulfonamides is 1. The predicted octanol–water partition coefficient (Wildman–Crippen LogP) is 0.805. The molecule has 2 heterocycles. The number of hydrogen-bond acceptors (Lipinski definition) is 4. The van der Waals surface area contributed by atoms with Gasteiger partial charge in [-0.25, -0.2) is 8.42 Å². The molecule has 1 unspecified atom stereocenters. The van der Waals surface area contributed by atoms with Gasteiger partial charge in [0.15, 0.2) is 5.03 Å². The zero-order valence-electron chi connectivity index (χ0n) is 10.1. The van der Waals surface area contributed by atoms with Crippen molar-refractivity contribution in [3.63, 3.8) is 0 Å². The summed E-state index contributed by atoms with van der Waals surface area (Å²) in [6.07, 6.45) is 2.26. The van der Waals surface area contributed by atoms with Crippen LogP contribution in [0.25, 0.3) is 0 Å². The SMILES string of the molecule is COCC1CCN(S(=O)(=O)c2[nH]ncc2CCl)C1. The van der Waals surface area contributed by atoms with Gasteiger partial charge in [-0.15, -0.1) is 11.6 Å². The number of halogens is 1. The Balaban J connectivity index is 2.18. The highest BCUT2D eigenvalue weighted by molar-refractivity contribution is 7.89. The average Bonchev–Trinajstić information content (AvgIpc) is 2.97. The first kappa shape index (κ1) is 13.8. The van der Waals surface area contributed by atoms with Crippen LogP contribution < -0.4 is 0 Å². The second kappa shape index (κ2) is 5.56. The Morgan fingerprint density at radius 1 is 1.67 bits per heavy atom. The van der Waals surface area contributed by atoms with Gasteiger partial charge in [-0.05, 0) is 12.3 Å². The Morgan fingerprint density at radius 2 is 2.44 bits per heavy atom. The molecule has 0 aliphatic carbocycles. The fourth-order valence-electron chi connectivity index (χ4n) is 2.13. The van der Waals surface area contributed by atoms with E-state index in [1.54, 1.807) is 7.11 Å². The molecule has 6 nitrogen and oxygen atoms in total. The number of H-pyrrole nitrogens is 1. The highest BCUT2D eigenvalue weighted by atomic mass is 35.5. The summed E-state index contributed by atoms with van der Waals surface area (Å²) in [7, 11) is -1.89. The summed E-state index contributed by atoms with van der Waals surface area (Å²) in [6.45, 7) is 1.57. The van der Waals surface area contributed by atoms with Crippen molar-refractivity contribution in [2.75, 3.05) is 26.8 Å². The van der Waals surface area contributed by atoms with E-state index in [0.717, 1.165) is 6.42 Å². The number of rotatable bonds is 5. The normalized spacial score (nSPS) is 21.6. The van der Waals surface area contributed by atoms with Gasteiger partial charge in [0.1, 0.15) is 0 Å². The van der Waals surface area contributed by atoms with Crippen LogP contribution in [0.3, 0.4) is 0 Å². The molecule has 102 valence electrons. The van der Waals surface area contributed by atoms with Gasteiger partial charge in [0, 0.05) is 25.8 Å². The molecular weight excluding hydrogens is 278 g/mol. The minimum Gasteiger partial charge on any atom is -0.384 e. The van der Waals surface area contributed by atoms with Gasteiger partial charge >= 0.3 is 0 Å². The largest absolute Gasteiger partial charge is 0.384 e. The zero-order valence-corrected chi connectivity index (χ0v) is 11.7. The third-order valence-corrected chi connectivity index (χ3v) is 5.24. The maximum atomic E-state index is 12.4. The lowest BCUT2D eigenvalue weighted by Gasteiger charge is -2.15. The van der Waals surface area contributed by atoms with Crippen molar-refractivity contribution in [2.45, 2.75) is 17.3 Å². The fourth-order valence-corrected chi connectivity index (χ4v) is 4.05. The maximum Gasteiger partial charge on any atom is 0.260 e. The molecule has 2 rings (SSSR count). The summed E-state index contributed by atoms with van der Waals surface area (Å²) in [6, 6.07) is 0. The Labute approximate surface area is 111 Å². The van der Waals surface area contributed by atoms with Crippen LogP contribution in [-0.2, 0) is 20.6 Å². The smallest absolute Gasteiger partial charge is 0.260 e. The Morgan fingerprint density at radius 3 is 3.11 bits per heavy atom. The molecule has 18 heavy (non-hydrogen) atoms. The van der Waals surface area contributed by atoms with Crippen molar-refractivity contribution < 1.29 is 13.2 Å². The van der Waals surface area contributed by atoms with E-state index in [9.17, 15) is 8.42 Å². The highest BCUT2D eigenvalue weighted by Gasteiger charge is 2.34. The number of nitrogens with zero attached hydrogens (tertiary/aromatic N) is 2. The second-order valence-corrected chi connectivity index (χ2v) is 6.47. The van der Waals surface area contributed by atoms with Gasteiger partial charge in [0.05, 0.1) is 18.7 Å². The first-order chi connectivity index (χ1) is 8.59. The van der Waals surface area contributed by atoms with E-state index in [2.05, 4.69) is 10.2 Å². The van der Waals surface area contributed by atoms with Gasteiger partial charge in [-0.3, -0.25) is 5.10 Å². The number of methoxy groups -OCH3 is 1. The van der Waals surface area contributed by atoms with Crippen molar-refractivity contribution in [3.05, 3.63) is 11.8 Å². The van der Waals surface area contributed by atoms with Crippen LogP contribution in [0.4, 0.5) is 0 Å². The molecule has 0 bridgehead atoms. The number of nitrogens with one attached hydrogen (secondary N) is 1. The van der Waals surface area contributed by atoms with E-state index in [1.807, 2.05) is 0 Å². The molecule has 1 aliphatic rings. The Bertz CT molecular complexity index is 502. The molecular formula is C10H16ClN3O3S. The van der Waals surface area contributed by atoms with Crippen LogP contribution in [0.15, 0.2) is 11.2 Å². The zero-order chi connectivity index (χ0) is 13.2. The molecule has 1 aromatic heterocycles. The van der Waals surface area contributed by atoms with E-state index in [4.69, 9.17) is 16.3 Å². The first-order valence-electron chi connectivity index (χ1n) is 5.67. The van der Waals surface area contributed by atoms with E-state index in [-0.39, 0.29) is 16.8 Å². The van der Waals surface area contributed by atoms with Crippen LogP contribution in [0.2, 0.25) is 0 Å². The van der Waals surface area contributed by atoms with Crippen molar-refractivity contribution in [1.82, 2.24) is 14.5 Å². The molecule has 0 saturated carbocycles. The fraction of sp³-hybridized carbons (Fsp3) is 0.700. The minimum absolute atomic E-state index is 0.107. The third-order valence-electron chi connectivity index (χ3n) is 3.07. The van der Waals surface area contributed by atoms with Gasteiger partial charge in [0.25, 0.3) is 10.0 Å². The van der Waals surface area contributed by atoms with Crippen LogP contribution in [0.5, 0.6) is 0 Å². The Kier molecular flexibility index (Phi) is 4.26. The summed E-state index contributed by atoms with van der Waals surface area (Å²) in [5.74, 6) is 0.382. The number of aromatic nitrogens is 2. The summed E-state index contributed by atoms with van der Waals surface area (Å²) in [4.78, 5) is 0. The summed E-state index contributed by atoms with van der Waals surface area (Å²) < 4.78 is 31.3. The molecule has 1 fully saturated rings. The molecule has 1 saturated heterocycles. The molecule has 0 radical (unpaired) electrons. The molecule has 1 aliphatic heterocycles. The number of ether oxygens (including phenoxy) is 1. The van der Waals surface area contributed by atoms with Crippen molar-refractivity contribution in [3.8, 4) is 0 Å². The molecule has 0 aromatic carbocycles.